The third-order valence-corrected chi connectivity index (χ3v) is 9.23. The van der Waals surface area contributed by atoms with Gasteiger partial charge in [0, 0.05) is 37.7 Å². The molecule has 1 amide bonds. The largest absolute Gasteiger partial charge is 0.456 e. The van der Waals surface area contributed by atoms with Gasteiger partial charge in [0.05, 0.1) is 12.2 Å². The van der Waals surface area contributed by atoms with E-state index in [1.807, 2.05) is 74.2 Å². The first kappa shape index (κ1) is 30.4. The smallest absolute Gasteiger partial charge is 0.338 e. The first-order chi connectivity index (χ1) is 20.2. The van der Waals surface area contributed by atoms with Gasteiger partial charge in [-0.3, -0.25) is 14.5 Å². The van der Waals surface area contributed by atoms with E-state index in [0.717, 1.165) is 62.9 Å². The van der Waals surface area contributed by atoms with Crippen molar-refractivity contribution in [2.24, 2.45) is 0 Å². The van der Waals surface area contributed by atoms with E-state index in [4.69, 9.17) is 4.74 Å². The zero-order valence-electron chi connectivity index (χ0n) is 25.6. The zero-order chi connectivity index (χ0) is 29.7. The lowest BCUT2D eigenvalue weighted by Crippen LogP contribution is -2.59. The summed E-state index contributed by atoms with van der Waals surface area (Å²) in [5.41, 5.74) is 1.08. The van der Waals surface area contributed by atoms with E-state index >= 15 is 0 Å². The molecule has 7 heteroatoms. The Bertz CT molecular complexity index is 1240. The summed E-state index contributed by atoms with van der Waals surface area (Å²) in [6.07, 6.45) is 8.97. The van der Waals surface area contributed by atoms with Crippen LogP contribution in [0.25, 0.3) is 0 Å². The van der Waals surface area contributed by atoms with Gasteiger partial charge in [-0.15, -0.1) is 0 Å². The highest BCUT2D eigenvalue weighted by molar-refractivity contribution is 5.96. The molecule has 0 aromatic heterocycles. The first-order valence-corrected chi connectivity index (χ1v) is 15.8. The molecule has 2 saturated heterocycles. The van der Waals surface area contributed by atoms with Crippen molar-refractivity contribution in [2.45, 2.75) is 102 Å². The van der Waals surface area contributed by atoms with Crippen LogP contribution in [0.4, 0.5) is 0 Å². The Morgan fingerprint density at radius 1 is 0.929 bits per heavy atom. The van der Waals surface area contributed by atoms with E-state index in [9.17, 15) is 14.4 Å². The van der Waals surface area contributed by atoms with Crippen LogP contribution >= 0.6 is 0 Å². The second kappa shape index (κ2) is 13.1. The number of Topliss-reactive ketones (excluding diaryl/α,β-unsaturated/α-hetero) is 1. The maximum absolute atomic E-state index is 14.3. The molecule has 1 saturated carbocycles. The molecule has 0 atom stereocenters. The predicted molar refractivity (Wildman–Crippen MR) is 164 cm³/mol. The first-order valence-electron chi connectivity index (χ1n) is 15.8. The van der Waals surface area contributed by atoms with Crippen LogP contribution in [0.3, 0.4) is 0 Å². The van der Waals surface area contributed by atoms with Crippen LogP contribution in [0, 0.1) is 0 Å². The SMILES string of the molecule is CC(C)(C)OC(=O)c1ccccc1CN1CN(C2CCCCC2)C2(CCN(CCCC(=O)c3ccccc3)CC2)C1=O. The van der Waals surface area contributed by atoms with E-state index in [0.29, 0.717) is 31.2 Å². The summed E-state index contributed by atoms with van der Waals surface area (Å²) < 4.78 is 5.69. The van der Waals surface area contributed by atoms with E-state index in [1.165, 1.54) is 19.3 Å². The fraction of sp³-hybridized carbons (Fsp3) is 0.571. The van der Waals surface area contributed by atoms with Crippen molar-refractivity contribution >= 4 is 17.7 Å². The summed E-state index contributed by atoms with van der Waals surface area (Å²) in [5.74, 6) is 0.0504. The second-order valence-corrected chi connectivity index (χ2v) is 13.3. The molecule has 1 aliphatic carbocycles. The summed E-state index contributed by atoms with van der Waals surface area (Å²) in [6, 6.07) is 17.5. The molecule has 0 unspecified atom stereocenters. The minimum atomic E-state index is -0.585. The summed E-state index contributed by atoms with van der Waals surface area (Å²) in [7, 11) is 0. The Kier molecular flexibility index (Phi) is 9.48. The fourth-order valence-corrected chi connectivity index (χ4v) is 7.06. The highest BCUT2D eigenvalue weighted by Gasteiger charge is 2.55. The van der Waals surface area contributed by atoms with Gasteiger partial charge in [-0.05, 0) is 71.0 Å². The van der Waals surface area contributed by atoms with Crippen LogP contribution in [-0.4, -0.2) is 75.8 Å². The highest BCUT2D eigenvalue weighted by atomic mass is 16.6. The van der Waals surface area contributed by atoms with E-state index in [1.54, 1.807) is 6.07 Å². The van der Waals surface area contributed by atoms with Crippen molar-refractivity contribution in [1.82, 2.24) is 14.7 Å². The number of carbonyl (C=O) groups excluding carboxylic acids is 3. The molecule has 226 valence electrons. The van der Waals surface area contributed by atoms with Crippen molar-refractivity contribution in [2.75, 3.05) is 26.3 Å². The maximum Gasteiger partial charge on any atom is 0.338 e. The number of benzene rings is 2. The van der Waals surface area contributed by atoms with Crippen molar-refractivity contribution in [3.63, 3.8) is 0 Å². The van der Waals surface area contributed by atoms with Crippen LogP contribution in [0.1, 0.15) is 105 Å². The molecule has 1 spiro atoms. The summed E-state index contributed by atoms with van der Waals surface area (Å²) in [4.78, 5) is 46.8. The van der Waals surface area contributed by atoms with E-state index < -0.39 is 11.1 Å². The molecular weight excluding hydrogens is 526 g/mol. The monoisotopic (exact) mass is 573 g/mol. The molecule has 5 rings (SSSR count). The standard InChI is InChI=1S/C35H47N3O4/c1-34(2,3)42-32(40)30-18-11-10-15-28(30)25-37-26-38(29-16-8-5-9-17-29)35(33(37)41)20-23-36(24-21-35)22-12-19-31(39)27-13-6-4-7-14-27/h4,6-7,10-11,13-15,18,29H,5,8-9,12,16-17,19-26H2,1-3H3. The quantitative estimate of drug-likeness (QED) is 0.268. The molecule has 0 N–H and O–H groups in total. The van der Waals surface area contributed by atoms with Crippen LogP contribution in [0.2, 0.25) is 0 Å². The summed E-state index contributed by atoms with van der Waals surface area (Å²) in [5, 5.41) is 0. The molecule has 2 aliphatic heterocycles. The second-order valence-electron chi connectivity index (χ2n) is 13.3. The van der Waals surface area contributed by atoms with Crippen molar-refractivity contribution < 1.29 is 19.1 Å². The van der Waals surface area contributed by atoms with Crippen LogP contribution in [0.15, 0.2) is 54.6 Å². The Hall–Kier alpha value is -3.03. The topological polar surface area (TPSA) is 70.2 Å². The Morgan fingerprint density at radius 2 is 1.60 bits per heavy atom. The molecule has 0 bridgehead atoms. The molecule has 2 heterocycles. The van der Waals surface area contributed by atoms with Gasteiger partial charge in [-0.25, -0.2) is 4.79 Å². The number of hydrogen-bond acceptors (Lipinski definition) is 6. The van der Waals surface area contributed by atoms with Gasteiger partial charge in [-0.2, -0.15) is 0 Å². The number of piperidine rings is 1. The lowest BCUT2D eigenvalue weighted by atomic mass is 9.82. The number of hydrogen-bond donors (Lipinski definition) is 0. The molecule has 3 aliphatic rings. The minimum absolute atomic E-state index is 0.195. The zero-order valence-corrected chi connectivity index (χ0v) is 25.6. The summed E-state index contributed by atoms with van der Waals surface area (Å²) >= 11 is 0. The van der Waals surface area contributed by atoms with Gasteiger partial charge in [0.1, 0.15) is 11.1 Å². The third-order valence-electron chi connectivity index (χ3n) is 9.23. The number of ketones is 1. The lowest BCUT2D eigenvalue weighted by Gasteiger charge is -2.46. The number of amides is 1. The third kappa shape index (κ3) is 6.95. The van der Waals surface area contributed by atoms with Gasteiger partial charge in [0.2, 0.25) is 5.91 Å². The average Bonchev–Trinajstić information content (AvgIpc) is 3.24. The van der Waals surface area contributed by atoms with Crippen molar-refractivity contribution in [1.29, 1.82) is 0 Å². The Labute approximate surface area is 251 Å². The number of esters is 1. The molecule has 2 aromatic rings. The Balaban J connectivity index is 1.26. The summed E-state index contributed by atoms with van der Waals surface area (Å²) in [6.45, 7) is 9.22. The highest BCUT2D eigenvalue weighted by Crippen LogP contribution is 2.41. The average molecular weight is 574 g/mol. The number of ether oxygens (including phenoxy) is 1. The van der Waals surface area contributed by atoms with Crippen molar-refractivity contribution in [3.8, 4) is 0 Å². The number of rotatable bonds is 9. The molecule has 7 nitrogen and oxygen atoms in total. The van der Waals surface area contributed by atoms with Gasteiger partial charge < -0.3 is 14.5 Å². The molecule has 2 aromatic carbocycles. The van der Waals surface area contributed by atoms with Crippen LogP contribution < -0.4 is 0 Å². The van der Waals surface area contributed by atoms with Crippen LogP contribution in [-0.2, 0) is 16.1 Å². The van der Waals surface area contributed by atoms with Gasteiger partial charge in [0.15, 0.2) is 5.78 Å². The number of carbonyl (C=O) groups is 3. The van der Waals surface area contributed by atoms with Crippen LogP contribution in [0.5, 0.6) is 0 Å². The lowest BCUT2D eigenvalue weighted by molar-refractivity contribution is -0.137. The maximum atomic E-state index is 14.3. The van der Waals surface area contributed by atoms with E-state index in [-0.39, 0.29) is 17.7 Å². The normalized spacial score (nSPS) is 20.3. The van der Waals surface area contributed by atoms with Gasteiger partial charge in [-0.1, -0.05) is 67.8 Å². The molecular formula is C35H47N3O4. The fourth-order valence-electron chi connectivity index (χ4n) is 7.06. The Morgan fingerprint density at radius 3 is 2.29 bits per heavy atom. The van der Waals surface area contributed by atoms with Gasteiger partial charge in [0.25, 0.3) is 0 Å². The van der Waals surface area contributed by atoms with Crippen molar-refractivity contribution in [3.05, 3.63) is 71.3 Å². The number of likely N-dealkylation sites (tertiary alicyclic amines) is 1. The predicted octanol–water partition coefficient (Wildman–Crippen LogP) is 6.07. The number of nitrogens with zero attached hydrogens (tertiary/aromatic N) is 3. The molecule has 0 radical (unpaired) electrons. The minimum Gasteiger partial charge on any atom is -0.456 e. The molecule has 3 fully saturated rings. The molecule has 42 heavy (non-hydrogen) atoms. The van der Waals surface area contributed by atoms with Gasteiger partial charge >= 0.3 is 5.97 Å². The van der Waals surface area contributed by atoms with E-state index in [2.05, 4.69) is 9.80 Å².